The van der Waals surface area contributed by atoms with Crippen LogP contribution < -0.4 is 11.3 Å². The van der Waals surface area contributed by atoms with E-state index in [4.69, 9.17) is 10.3 Å². The first-order valence-electron chi connectivity index (χ1n) is 5.14. The molecule has 1 heterocycles. The fourth-order valence-corrected chi connectivity index (χ4v) is 1.64. The second-order valence-electron chi connectivity index (χ2n) is 3.67. The van der Waals surface area contributed by atoms with Gasteiger partial charge in [0.15, 0.2) is 0 Å². The summed E-state index contributed by atoms with van der Waals surface area (Å²) in [6.07, 6.45) is 1.80. The van der Waals surface area contributed by atoms with Gasteiger partial charge in [-0.2, -0.15) is 0 Å². The van der Waals surface area contributed by atoms with Crippen molar-refractivity contribution in [1.29, 1.82) is 0 Å². The highest BCUT2D eigenvalue weighted by molar-refractivity contribution is 5.21. The minimum Gasteiger partial charge on any atom is -0.468 e. The van der Waals surface area contributed by atoms with Gasteiger partial charge in [0.1, 0.15) is 17.4 Å². The molecule has 1 aromatic heterocycles. The number of halogens is 2. The van der Waals surface area contributed by atoms with Crippen molar-refractivity contribution in [1.82, 2.24) is 5.43 Å². The summed E-state index contributed by atoms with van der Waals surface area (Å²) in [6, 6.07) is 6.59. The molecule has 0 aliphatic carbocycles. The zero-order valence-electron chi connectivity index (χ0n) is 8.99. The van der Waals surface area contributed by atoms with E-state index in [0.717, 1.165) is 6.07 Å². The van der Waals surface area contributed by atoms with Gasteiger partial charge in [-0.15, -0.1) is 0 Å². The summed E-state index contributed by atoms with van der Waals surface area (Å²) in [5.41, 5.74) is 2.92. The van der Waals surface area contributed by atoms with Crippen molar-refractivity contribution in [3.8, 4) is 0 Å². The summed E-state index contributed by atoms with van der Waals surface area (Å²) in [4.78, 5) is 0. The third kappa shape index (κ3) is 2.69. The lowest BCUT2D eigenvalue weighted by Gasteiger charge is -2.13. The van der Waals surface area contributed by atoms with Gasteiger partial charge in [0.25, 0.3) is 0 Å². The average molecular weight is 238 g/mol. The summed E-state index contributed by atoms with van der Waals surface area (Å²) in [6.45, 7) is 0. The maximum absolute atomic E-state index is 13.4. The minimum atomic E-state index is -0.596. The van der Waals surface area contributed by atoms with Crippen LogP contribution in [0.2, 0.25) is 0 Å². The smallest absolute Gasteiger partial charge is 0.129 e. The SMILES string of the molecule is NNC(Cc1ccc(F)cc1F)c1ccco1. The molecular formula is C12H12F2N2O. The molecule has 3 nitrogen and oxygen atoms in total. The number of furan rings is 1. The van der Waals surface area contributed by atoms with E-state index in [1.54, 1.807) is 12.1 Å². The van der Waals surface area contributed by atoms with Gasteiger partial charge in [-0.3, -0.25) is 5.84 Å². The molecule has 1 unspecified atom stereocenters. The number of hydrazine groups is 1. The normalized spacial score (nSPS) is 12.6. The molecule has 0 spiro atoms. The Kier molecular flexibility index (Phi) is 3.51. The molecule has 0 aliphatic heterocycles. The van der Waals surface area contributed by atoms with Crippen LogP contribution in [0.15, 0.2) is 41.0 Å². The van der Waals surface area contributed by atoms with Crippen LogP contribution in [0, 0.1) is 11.6 Å². The van der Waals surface area contributed by atoms with E-state index in [1.807, 2.05) is 0 Å². The van der Waals surface area contributed by atoms with Crippen molar-refractivity contribution in [3.05, 3.63) is 59.6 Å². The summed E-state index contributed by atoms with van der Waals surface area (Å²) >= 11 is 0. The fourth-order valence-electron chi connectivity index (χ4n) is 1.64. The molecule has 2 aromatic rings. The third-order valence-electron chi connectivity index (χ3n) is 2.53. The van der Waals surface area contributed by atoms with Crippen molar-refractivity contribution in [3.63, 3.8) is 0 Å². The largest absolute Gasteiger partial charge is 0.468 e. The standard InChI is InChI=1S/C12H12F2N2O/c13-9-4-3-8(10(14)7-9)6-11(16-15)12-2-1-5-17-12/h1-5,7,11,16H,6,15H2. The lowest BCUT2D eigenvalue weighted by molar-refractivity contribution is 0.411. The molecule has 0 amide bonds. The molecule has 1 atom stereocenters. The second kappa shape index (κ2) is 5.07. The number of nitrogens with one attached hydrogen (secondary N) is 1. The molecular weight excluding hydrogens is 226 g/mol. The summed E-state index contributed by atoms with van der Waals surface area (Å²) in [7, 11) is 0. The van der Waals surface area contributed by atoms with Gasteiger partial charge in [0.2, 0.25) is 0 Å². The zero-order valence-corrected chi connectivity index (χ0v) is 8.99. The molecule has 1 aromatic carbocycles. The molecule has 0 fully saturated rings. The Hall–Kier alpha value is -1.72. The van der Waals surface area contributed by atoms with Crippen molar-refractivity contribution in [2.45, 2.75) is 12.5 Å². The van der Waals surface area contributed by atoms with E-state index in [1.165, 1.54) is 18.4 Å². The molecule has 5 heteroatoms. The van der Waals surface area contributed by atoms with Crippen LogP contribution in [-0.2, 0) is 6.42 Å². The Bertz CT molecular complexity index is 485. The van der Waals surface area contributed by atoms with Gasteiger partial charge in [-0.1, -0.05) is 6.07 Å². The Morgan fingerprint density at radius 1 is 1.29 bits per heavy atom. The summed E-state index contributed by atoms with van der Waals surface area (Å²) < 4.78 is 31.4. The minimum absolute atomic E-state index is 0.288. The molecule has 0 saturated carbocycles. The van der Waals surface area contributed by atoms with Crippen LogP contribution in [0.1, 0.15) is 17.4 Å². The second-order valence-corrected chi connectivity index (χ2v) is 3.67. The van der Waals surface area contributed by atoms with E-state index < -0.39 is 11.6 Å². The first kappa shape index (κ1) is 11.8. The lowest BCUT2D eigenvalue weighted by atomic mass is 10.0. The Morgan fingerprint density at radius 2 is 2.12 bits per heavy atom. The Morgan fingerprint density at radius 3 is 2.71 bits per heavy atom. The molecule has 0 radical (unpaired) electrons. The highest BCUT2D eigenvalue weighted by atomic mass is 19.1. The first-order valence-corrected chi connectivity index (χ1v) is 5.14. The molecule has 2 rings (SSSR count). The highest BCUT2D eigenvalue weighted by Gasteiger charge is 2.15. The van der Waals surface area contributed by atoms with E-state index >= 15 is 0 Å². The highest BCUT2D eigenvalue weighted by Crippen LogP contribution is 2.20. The molecule has 0 aliphatic rings. The van der Waals surface area contributed by atoms with E-state index in [-0.39, 0.29) is 12.5 Å². The van der Waals surface area contributed by atoms with Crippen LogP contribution in [-0.4, -0.2) is 0 Å². The molecule has 17 heavy (non-hydrogen) atoms. The predicted molar refractivity (Wildman–Crippen MR) is 58.8 cm³/mol. The van der Waals surface area contributed by atoms with E-state index in [9.17, 15) is 8.78 Å². The number of hydrogen-bond acceptors (Lipinski definition) is 3. The van der Waals surface area contributed by atoms with Crippen molar-refractivity contribution >= 4 is 0 Å². The number of benzene rings is 1. The first-order chi connectivity index (χ1) is 8.20. The van der Waals surface area contributed by atoms with Crippen LogP contribution in [0.4, 0.5) is 8.78 Å². The number of nitrogens with two attached hydrogens (primary N) is 1. The zero-order chi connectivity index (χ0) is 12.3. The summed E-state index contributed by atoms with van der Waals surface area (Å²) in [5.74, 6) is 4.81. The third-order valence-corrected chi connectivity index (χ3v) is 2.53. The van der Waals surface area contributed by atoms with Crippen LogP contribution in [0.3, 0.4) is 0 Å². The van der Waals surface area contributed by atoms with Crippen LogP contribution in [0.25, 0.3) is 0 Å². The lowest BCUT2D eigenvalue weighted by Crippen LogP contribution is -2.29. The maximum Gasteiger partial charge on any atom is 0.129 e. The molecule has 0 saturated heterocycles. The number of rotatable bonds is 4. The van der Waals surface area contributed by atoms with Crippen molar-refractivity contribution in [2.75, 3.05) is 0 Å². The predicted octanol–water partition coefficient (Wildman–Crippen LogP) is 2.30. The van der Waals surface area contributed by atoms with Crippen LogP contribution in [0.5, 0.6) is 0 Å². The van der Waals surface area contributed by atoms with E-state index in [0.29, 0.717) is 11.3 Å². The van der Waals surface area contributed by atoms with Gasteiger partial charge >= 0.3 is 0 Å². The molecule has 90 valence electrons. The molecule has 0 bridgehead atoms. The average Bonchev–Trinajstić information content (AvgIpc) is 2.81. The summed E-state index contributed by atoms with van der Waals surface area (Å²) in [5, 5.41) is 0. The van der Waals surface area contributed by atoms with Crippen LogP contribution >= 0.6 is 0 Å². The fraction of sp³-hybridized carbons (Fsp3) is 0.167. The van der Waals surface area contributed by atoms with Crippen molar-refractivity contribution in [2.24, 2.45) is 5.84 Å². The maximum atomic E-state index is 13.4. The van der Waals surface area contributed by atoms with Gasteiger partial charge in [0, 0.05) is 6.07 Å². The van der Waals surface area contributed by atoms with E-state index in [2.05, 4.69) is 5.43 Å². The molecule has 3 N–H and O–H groups in total. The Balaban J connectivity index is 2.19. The van der Waals surface area contributed by atoms with Gasteiger partial charge in [-0.05, 0) is 30.2 Å². The van der Waals surface area contributed by atoms with Gasteiger partial charge in [0.05, 0.1) is 12.3 Å². The monoisotopic (exact) mass is 238 g/mol. The quantitative estimate of drug-likeness (QED) is 0.634. The van der Waals surface area contributed by atoms with Crippen molar-refractivity contribution < 1.29 is 13.2 Å². The van der Waals surface area contributed by atoms with Gasteiger partial charge in [-0.25, -0.2) is 14.2 Å². The van der Waals surface area contributed by atoms with Gasteiger partial charge < -0.3 is 4.42 Å². The number of hydrogen-bond donors (Lipinski definition) is 2. The topological polar surface area (TPSA) is 51.2 Å². The Labute approximate surface area is 97.2 Å².